The van der Waals surface area contributed by atoms with Crippen molar-refractivity contribution in [2.24, 2.45) is 4.99 Å². The first-order chi connectivity index (χ1) is 9.72. The van der Waals surface area contributed by atoms with Crippen molar-refractivity contribution in [1.29, 1.82) is 0 Å². The molecule has 1 rings (SSSR count). The Balaban J connectivity index is 3.07. The van der Waals surface area contributed by atoms with Gasteiger partial charge in [-0.25, -0.2) is 0 Å². The van der Waals surface area contributed by atoms with Gasteiger partial charge in [0.25, 0.3) is 11.9 Å². The normalized spacial score (nSPS) is 12.0. The van der Waals surface area contributed by atoms with Crippen LogP contribution in [0.15, 0.2) is 23.2 Å². The van der Waals surface area contributed by atoms with E-state index in [1.165, 1.54) is 6.07 Å². The van der Waals surface area contributed by atoms with Crippen molar-refractivity contribution < 1.29 is 9.53 Å². The van der Waals surface area contributed by atoms with Gasteiger partial charge in [-0.1, -0.05) is 23.2 Å². The van der Waals surface area contributed by atoms with Gasteiger partial charge >= 0.3 is 0 Å². The monoisotopic (exact) mass is 330 g/mol. The van der Waals surface area contributed by atoms with Crippen LogP contribution in [0.3, 0.4) is 0 Å². The number of nitrogens with zero attached hydrogens (tertiary/aromatic N) is 2. The Hall–Kier alpha value is -1.26. The molecule has 0 fully saturated rings. The molecule has 0 radical (unpaired) electrons. The fraction of sp³-hybridized carbons (Fsp3) is 0.467. The maximum atomic E-state index is 12.2. The van der Waals surface area contributed by atoms with Crippen molar-refractivity contribution in [2.45, 2.75) is 39.8 Å². The van der Waals surface area contributed by atoms with E-state index in [0.717, 1.165) is 0 Å². The van der Waals surface area contributed by atoms with Gasteiger partial charge in [-0.3, -0.25) is 4.79 Å². The number of hydrogen-bond donors (Lipinski definition) is 0. The quantitative estimate of drug-likeness (QED) is 0.614. The number of carbonyl (C=O) groups is 1. The van der Waals surface area contributed by atoms with E-state index in [2.05, 4.69) is 4.99 Å². The van der Waals surface area contributed by atoms with Gasteiger partial charge in [0.2, 0.25) is 0 Å². The number of amidine groups is 1. The van der Waals surface area contributed by atoms with Crippen LogP contribution in [0.2, 0.25) is 10.0 Å². The first-order valence-corrected chi connectivity index (χ1v) is 7.45. The summed E-state index contributed by atoms with van der Waals surface area (Å²) in [6.07, 6.45) is -0.0773. The molecule has 0 aromatic heterocycles. The third-order valence-corrected chi connectivity index (χ3v) is 3.52. The smallest absolute Gasteiger partial charge is 0.295 e. The molecule has 0 atom stereocenters. The Morgan fingerprint density at radius 1 is 1.19 bits per heavy atom. The van der Waals surface area contributed by atoms with Gasteiger partial charge in [-0.15, -0.1) is 0 Å². The Morgan fingerprint density at radius 2 is 1.81 bits per heavy atom. The van der Waals surface area contributed by atoms with Crippen LogP contribution < -0.4 is 0 Å². The van der Waals surface area contributed by atoms with E-state index in [4.69, 9.17) is 27.9 Å². The molecule has 0 aliphatic carbocycles. The van der Waals surface area contributed by atoms with Crippen molar-refractivity contribution in [2.75, 3.05) is 7.05 Å². The molecule has 0 heterocycles. The van der Waals surface area contributed by atoms with Crippen molar-refractivity contribution in [3.63, 3.8) is 0 Å². The number of carbonyl (C=O) groups excluding carboxylic acids is 1. The molecular weight excluding hydrogens is 311 g/mol. The van der Waals surface area contributed by atoms with Gasteiger partial charge < -0.3 is 9.64 Å². The third-order valence-electron chi connectivity index (χ3n) is 2.78. The predicted molar refractivity (Wildman–Crippen MR) is 87.3 cm³/mol. The summed E-state index contributed by atoms with van der Waals surface area (Å²) >= 11 is 11.8. The fourth-order valence-electron chi connectivity index (χ4n) is 1.40. The van der Waals surface area contributed by atoms with Crippen LogP contribution in [0.5, 0.6) is 0 Å². The van der Waals surface area contributed by atoms with E-state index in [9.17, 15) is 4.79 Å². The SMILES string of the molecule is CC(C)OC(=NC(=O)c1ccc(Cl)c(Cl)c1)N(C)C(C)C. The summed E-state index contributed by atoms with van der Waals surface area (Å²) in [6, 6.07) is 5.10. The van der Waals surface area contributed by atoms with Crippen LogP contribution in [0, 0.1) is 0 Å². The van der Waals surface area contributed by atoms with Gasteiger partial charge in [0.05, 0.1) is 16.1 Å². The Bertz CT molecular complexity index is 542. The number of ether oxygens (including phenoxy) is 1. The highest BCUT2D eigenvalue weighted by molar-refractivity contribution is 6.42. The number of benzene rings is 1. The van der Waals surface area contributed by atoms with Crippen LogP contribution in [0.1, 0.15) is 38.1 Å². The maximum absolute atomic E-state index is 12.2. The van der Waals surface area contributed by atoms with Crippen LogP contribution >= 0.6 is 23.2 Å². The van der Waals surface area contributed by atoms with E-state index >= 15 is 0 Å². The average Bonchev–Trinajstić information content (AvgIpc) is 2.39. The summed E-state index contributed by atoms with van der Waals surface area (Å²) in [5.41, 5.74) is 0.367. The van der Waals surface area contributed by atoms with E-state index in [1.807, 2.05) is 34.7 Å². The Kier molecular flexibility index (Phi) is 6.49. The van der Waals surface area contributed by atoms with Gasteiger partial charge in [0.1, 0.15) is 0 Å². The minimum absolute atomic E-state index is 0.0773. The highest BCUT2D eigenvalue weighted by Gasteiger charge is 2.16. The lowest BCUT2D eigenvalue weighted by molar-refractivity contribution is 0.0988. The molecular formula is C15H20Cl2N2O2. The lowest BCUT2D eigenvalue weighted by Crippen LogP contribution is -2.37. The topological polar surface area (TPSA) is 41.9 Å². The van der Waals surface area contributed by atoms with Crippen LogP contribution in [0.25, 0.3) is 0 Å². The summed E-state index contributed by atoms with van der Waals surface area (Å²) in [5.74, 6) is -0.420. The first kappa shape index (κ1) is 17.8. The number of rotatable bonds is 3. The molecule has 0 saturated heterocycles. The van der Waals surface area contributed by atoms with Crippen LogP contribution in [-0.2, 0) is 4.74 Å². The predicted octanol–water partition coefficient (Wildman–Crippen LogP) is 4.25. The van der Waals surface area contributed by atoms with Crippen molar-refractivity contribution in [3.8, 4) is 0 Å². The molecule has 0 unspecified atom stereocenters. The average molecular weight is 331 g/mol. The number of hydrogen-bond acceptors (Lipinski definition) is 2. The van der Waals surface area contributed by atoms with Crippen LogP contribution in [0.4, 0.5) is 0 Å². The first-order valence-electron chi connectivity index (χ1n) is 6.70. The molecule has 0 bridgehead atoms. The molecule has 6 heteroatoms. The lowest BCUT2D eigenvalue weighted by atomic mass is 10.2. The van der Waals surface area contributed by atoms with E-state index < -0.39 is 5.91 Å². The third kappa shape index (κ3) is 5.21. The molecule has 1 aromatic rings. The fourth-order valence-corrected chi connectivity index (χ4v) is 1.70. The number of aliphatic imine (C=N–C) groups is 1. The molecule has 21 heavy (non-hydrogen) atoms. The largest absolute Gasteiger partial charge is 0.462 e. The van der Waals surface area contributed by atoms with E-state index in [-0.39, 0.29) is 18.2 Å². The Labute approximate surface area is 135 Å². The van der Waals surface area contributed by atoms with Crippen molar-refractivity contribution in [1.82, 2.24) is 4.90 Å². The molecule has 0 aliphatic rings. The zero-order valence-electron chi connectivity index (χ0n) is 12.9. The zero-order valence-corrected chi connectivity index (χ0v) is 14.4. The van der Waals surface area contributed by atoms with E-state index in [0.29, 0.717) is 15.6 Å². The Morgan fingerprint density at radius 3 is 2.29 bits per heavy atom. The number of halogens is 2. The molecule has 0 N–H and O–H groups in total. The summed E-state index contributed by atoms with van der Waals surface area (Å²) in [7, 11) is 1.83. The van der Waals surface area contributed by atoms with Crippen LogP contribution in [-0.4, -0.2) is 36.0 Å². The molecule has 0 aliphatic heterocycles. The highest BCUT2D eigenvalue weighted by Crippen LogP contribution is 2.23. The van der Waals surface area contributed by atoms with Gasteiger partial charge in [0, 0.05) is 18.7 Å². The zero-order chi connectivity index (χ0) is 16.2. The van der Waals surface area contributed by atoms with E-state index in [1.54, 1.807) is 17.0 Å². The second-order valence-electron chi connectivity index (χ2n) is 5.20. The summed E-state index contributed by atoms with van der Waals surface area (Å²) in [6.45, 7) is 7.74. The standard InChI is InChI=1S/C15H20Cl2N2O2/c1-9(2)19(5)15(21-10(3)4)18-14(20)11-6-7-12(16)13(17)8-11/h6-10H,1-5H3. The molecule has 0 saturated carbocycles. The van der Waals surface area contributed by atoms with Crippen molar-refractivity contribution in [3.05, 3.63) is 33.8 Å². The summed E-state index contributed by atoms with van der Waals surface area (Å²) in [5, 5.41) is 0.719. The molecule has 0 spiro atoms. The molecule has 116 valence electrons. The van der Waals surface area contributed by atoms with Gasteiger partial charge in [-0.2, -0.15) is 4.99 Å². The number of amides is 1. The minimum atomic E-state index is -0.420. The summed E-state index contributed by atoms with van der Waals surface area (Å²) in [4.78, 5) is 18.1. The minimum Gasteiger partial charge on any atom is -0.462 e. The summed E-state index contributed by atoms with van der Waals surface area (Å²) < 4.78 is 5.62. The highest BCUT2D eigenvalue weighted by atomic mass is 35.5. The molecule has 1 amide bonds. The second-order valence-corrected chi connectivity index (χ2v) is 6.01. The van der Waals surface area contributed by atoms with Gasteiger partial charge in [0.15, 0.2) is 0 Å². The molecule has 1 aromatic carbocycles. The van der Waals surface area contributed by atoms with Crippen molar-refractivity contribution >= 4 is 35.1 Å². The maximum Gasteiger partial charge on any atom is 0.295 e. The lowest BCUT2D eigenvalue weighted by Gasteiger charge is -2.25. The second kappa shape index (κ2) is 7.66. The van der Waals surface area contributed by atoms with Gasteiger partial charge in [-0.05, 0) is 45.9 Å². The molecule has 4 nitrogen and oxygen atoms in total.